The van der Waals surface area contributed by atoms with Crippen LogP contribution in [0.2, 0.25) is 0 Å². The van der Waals surface area contributed by atoms with E-state index in [0.717, 1.165) is 17.9 Å². The van der Waals surface area contributed by atoms with Crippen molar-refractivity contribution >= 4 is 0 Å². The van der Waals surface area contributed by atoms with Crippen molar-refractivity contribution < 1.29 is 4.42 Å². The third-order valence-electron chi connectivity index (χ3n) is 1.13. The van der Waals surface area contributed by atoms with Crippen LogP contribution in [0.4, 0.5) is 0 Å². The minimum atomic E-state index is 0.763. The summed E-state index contributed by atoms with van der Waals surface area (Å²) in [7, 11) is 0. The number of furan rings is 1. The van der Waals surface area contributed by atoms with E-state index in [4.69, 9.17) is 4.42 Å². The molecule has 1 heterocycles. The van der Waals surface area contributed by atoms with E-state index in [9.17, 15) is 0 Å². The zero-order chi connectivity index (χ0) is 7.40. The van der Waals surface area contributed by atoms with E-state index in [-0.39, 0.29) is 0 Å². The summed E-state index contributed by atoms with van der Waals surface area (Å²) in [6.45, 7) is 3.93. The van der Waals surface area contributed by atoms with Crippen molar-refractivity contribution in [2.45, 2.75) is 20.3 Å². The lowest BCUT2D eigenvalue weighted by molar-refractivity contribution is 0.522. The zero-order valence-corrected chi connectivity index (χ0v) is 6.27. The van der Waals surface area contributed by atoms with Crippen molar-refractivity contribution in [3.8, 4) is 11.8 Å². The number of aryl methyl sites for hydroxylation is 1. The Balaban J connectivity index is 2.76. The van der Waals surface area contributed by atoms with Crippen LogP contribution in [-0.2, 0) is 0 Å². The first-order valence-corrected chi connectivity index (χ1v) is 3.38. The maximum absolute atomic E-state index is 5.21. The van der Waals surface area contributed by atoms with E-state index >= 15 is 0 Å². The van der Waals surface area contributed by atoms with Crippen LogP contribution >= 0.6 is 0 Å². The lowest BCUT2D eigenvalue weighted by Gasteiger charge is -1.78. The Morgan fingerprint density at radius 1 is 1.50 bits per heavy atom. The Hall–Kier alpha value is -1.16. The van der Waals surface area contributed by atoms with Crippen LogP contribution in [0, 0.1) is 18.8 Å². The minimum absolute atomic E-state index is 0.763. The van der Waals surface area contributed by atoms with E-state index in [0.29, 0.717) is 0 Å². The first-order valence-electron chi connectivity index (χ1n) is 3.38. The van der Waals surface area contributed by atoms with Crippen LogP contribution in [0.25, 0.3) is 0 Å². The van der Waals surface area contributed by atoms with E-state index < -0.39 is 0 Å². The van der Waals surface area contributed by atoms with Gasteiger partial charge in [0.15, 0.2) is 5.76 Å². The van der Waals surface area contributed by atoms with Crippen LogP contribution in [0.5, 0.6) is 0 Å². The molecule has 1 nitrogen and oxygen atoms in total. The summed E-state index contributed by atoms with van der Waals surface area (Å²) in [5.41, 5.74) is 0. The molecule has 52 valence electrons. The monoisotopic (exact) mass is 134 g/mol. The van der Waals surface area contributed by atoms with Crippen LogP contribution in [-0.4, -0.2) is 0 Å². The second kappa shape index (κ2) is 3.12. The van der Waals surface area contributed by atoms with Gasteiger partial charge in [0.1, 0.15) is 5.76 Å². The van der Waals surface area contributed by atoms with Gasteiger partial charge in [-0.2, -0.15) is 0 Å². The largest absolute Gasteiger partial charge is 0.453 e. The summed E-state index contributed by atoms with van der Waals surface area (Å²) in [5.74, 6) is 7.51. The molecule has 1 aromatic rings. The first-order chi connectivity index (χ1) is 4.83. The Labute approximate surface area is 61.0 Å². The van der Waals surface area contributed by atoms with Crippen molar-refractivity contribution in [3.63, 3.8) is 0 Å². The van der Waals surface area contributed by atoms with Gasteiger partial charge in [-0.05, 0) is 25.0 Å². The maximum atomic E-state index is 5.21. The molecule has 0 saturated heterocycles. The fourth-order valence-electron chi connectivity index (χ4n) is 0.677. The highest BCUT2D eigenvalue weighted by Gasteiger charge is 1.90. The molecule has 1 aromatic heterocycles. The van der Waals surface area contributed by atoms with Crippen molar-refractivity contribution in [2.24, 2.45) is 0 Å². The molecule has 0 saturated carbocycles. The summed E-state index contributed by atoms with van der Waals surface area (Å²) in [6.07, 6.45) is 0.875. The van der Waals surface area contributed by atoms with Gasteiger partial charge in [-0.25, -0.2) is 0 Å². The van der Waals surface area contributed by atoms with E-state index in [1.165, 1.54) is 0 Å². The van der Waals surface area contributed by atoms with Crippen LogP contribution in [0.3, 0.4) is 0 Å². The maximum Gasteiger partial charge on any atom is 0.177 e. The molecular weight excluding hydrogens is 124 g/mol. The predicted molar refractivity (Wildman–Crippen MR) is 40.6 cm³/mol. The van der Waals surface area contributed by atoms with Crippen molar-refractivity contribution in [3.05, 3.63) is 23.7 Å². The average Bonchev–Trinajstić information content (AvgIpc) is 2.31. The molecule has 0 aliphatic carbocycles. The van der Waals surface area contributed by atoms with E-state index in [1.54, 1.807) is 0 Å². The van der Waals surface area contributed by atoms with Crippen LogP contribution in [0.15, 0.2) is 16.5 Å². The molecule has 1 heteroatoms. The van der Waals surface area contributed by atoms with Gasteiger partial charge in [0, 0.05) is 6.42 Å². The number of rotatable bonds is 0. The van der Waals surface area contributed by atoms with Crippen LogP contribution < -0.4 is 0 Å². The number of hydrogen-bond donors (Lipinski definition) is 0. The molecule has 0 fully saturated rings. The van der Waals surface area contributed by atoms with Gasteiger partial charge in [0.2, 0.25) is 0 Å². The van der Waals surface area contributed by atoms with Crippen molar-refractivity contribution in [1.29, 1.82) is 0 Å². The van der Waals surface area contributed by atoms with Gasteiger partial charge < -0.3 is 4.42 Å². The third-order valence-corrected chi connectivity index (χ3v) is 1.13. The Morgan fingerprint density at radius 2 is 2.30 bits per heavy atom. The zero-order valence-electron chi connectivity index (χ0n) is 6.27. The summed E-state index contributed by atoms with van der Waals surface area (Å²) in [4.78, 5) is 0. The predicted octanol–water partition coefficient (Wildman–Crippen LogP) is 2.35. The molecule has 0 aromatic carbocycles. The molecule has 0 aliphatic heterocycles. The normalized spacial score (nSPS) is 8.60. The van der Waals surface area contributed by atoms with Gasteiger partial charge in [0.05, 0.1) is 0 Å². The van der Waals surface area contributed by atoms with Crippen LogP contribution in [0.1, 0.15) is 24.9 Å². The second-order valence-electron chi connectivity index (χ2n) is 2.07. The van der Waals surface area contributed by atoms with Gasteiger partial charge in [0.25, 0.3) is 0 Å². The number of hydrogen-bond acceptors (Lipinski definition) is 1. The molecule has 0 spiro atoms. The van der Waals surface area contributed by atoms with Crippen molar-refractivity contribution in [1.82, 2.24) is 0 Å². The first kappa shape index (κ1) is 6.95. The summed E-state index contributed by atoms with van der Waals surface area (Å²) >= 11 is 0. The molecule has 0 bridgehead atoms. The van der Waals surface area contributed by atoms with Gasteiger partial charge >= 0.3 is 0 Å². The Bertz CT molecular complexity index is 260. The molecule has 0 unspecified atom stereocenters. The van der Waals surface area contributed by atoms with E-state index in [2.05, 4.69) is 11.8 Å². The van der Waals surface area contributed by atoms with Gasteiger partial charge in [-0.15, -0.1) is 0 Å². The van der Waals surface area contributed by atoms with Gasteiger partial charge in [-0.1, -0.05) is 12.8 Å². The SMILES string of the molecule is CCC#Cc1ccc(C)o1. The fraction of sp³-hybridized carbons (Fsp3) is 0.333. The molecule has 0 atom stereocenters. The lowest BCUT2D eigenvalue weighted by atomic mass is 10.4. The highest BCUT2D eigenvalue weighted by molar-refractivity contribution is 5.25. The summed E-state index contributed by atoms with van der Waals surface area (Å²) in [6, 6.07) is 3.80. The smallest absolute Gasteiger partial charge is 0.177 e. The second-order valence-corrected chi connectivity index (χ2v) is 2.07. The quantitative estimate of drug-likeness (QED) is 0.496. The Morgan fingerprint density at radius 3 is 2.80 bits per heavy atom. The topological polar surface area (TPSA) is 13.1 Å². The third kappa shape index (κ3) is 1.66. The molecule has 10 heavy (non-hydrogen) atoms. The summed E-state index contributed by atoms with van der Waals surface area (Å²) < 4.78 is 5.21. The molecule has 0 radical (unpaired) electrons. The minimum Gasteiger partial charge on any atom is -0.453 e. The van der Waals surface area contributed by atoms with Gasteiger partial charge in [-0.3, -0.25) is 0 Å². The Kier molecular flexibility index (Phi) is 2.17. The highest BCUT2D eigenvalue weighted by Crippen LogP contribution is 2.03. The lowest BCUT2D eigenvalue weighted by Crippen LogP contribution is -1.62. The average molecular weight is 134 g/mol. The summed E-state index contributed by atoms with van der Waals surface area (Å²) in [5, 5.41) is 0. The molecule has 0 N–H and O–H groups in total. The molecular formula is C9H10O. The standard InChI is InChI=1S/C9H10O/c1-3-4-5-9-7-6-8(2)10-9/h6-7H,3H2,1-2H3. The molecule has 0 amide bonds. The van der Waals surface area contributed by atoms with E-state index in [1.807, 2.05) is 26.0 Å². The molecule has 1 rings (SSSR count). The highest BCUT2D eigenvalue weighted by atomic mass is 16.3. The van der Waals surface area contributed by atoms with Crippen molar-refractivity contribution in [2.75, 3.05) is 0 Å². The molecule has 0 aliphatic rings. The fourth-order valence-corrected chi connectivity index (χ4v) is 0.677.